The van der Waals surface area contributed by atoms with E-state index in [0.717, 1.165) is 5.56 Å². The topological polar surface area (TPSA) is 88.1 Å². The number of hydrogen-bond acceptors (Lipinski definition) is 5. The maximum absolute atomic E-state index is 12.3. The van der Waals surface area contributed by atoms with Crippen LogP contribution in [0.2, 0.25) is 0 Å². The maximum Gasteiger partial charge on any atom is 0.410 e. The lowest BCUT2D eigenvalue weighted by Crippen LogP contribution is -2.54. The van der Waals surface area contributed by atoms with Gasteiger partial charge in [-0.1, -0.05) is 30.3 Å². The van der Waals surface area contributed by atoms with Crippen molar-refractivity contribution in [3.8, 4) is 0 Å². The molecule has 7 nitrogen and oxygen atoms in total. The van der Waals surface area contributed by atoms with E-state index in [9.17, 15) is 14.7 Å². The molecule has 1 fully saturated rings. The molecule has 1 aliphatic rings. The van der Waals surface area contributed by atoms with E-state index in [2.05, 4.69) is 5.32 Å². The third-order valence-electron chi connectivity index (χ3n) is 3.98. The third kappa shape index (κ3) is 6.55. The number of amides is 2. The monoisotopic (exact) mass is 364 g/mol. The molecule has 0 saturated carbocycles. The largest absolute Gasteiger partial charge is 0.445 e. The molecule has 7 heteroatoms. The Balaban J connectivity index is 1.88. The number of likely N-dealkylation sites (tertiary alicyclic amines) is 1. The molecule has 0 aliphatic carbocycles. The predicted molar refractivity (Wildman–Crippen MR) is 96.6 cm³/mol. The van der Waals surface area contributed by atoms with E-state index in [0.29, 0.717) is 19.5 Å². The first-order valence-electron chi connectivity index (χ1n) is 8.83. The van der Waals surface area contributed by atoms with Crippen LogP contribution in [0.3, 0.4) is 0 Å². The van der Waals surface area contributed by atoms with Gasteiger partial charge >= 0.3 is 12.2 Å². The highest BCUT2D eigenvalue weighted by Crippen LogP contribution is 2.19. The third-order valence-corrected chi connectivity index (χ3v) is 3.98. The van der Waals surface area contributed by atoms with Crippen LogP contribution in [-0.4, -0.2) is 53.5 Å². The van der Waals surface area contributed by atoms with Gasteiger partial charge in [0.1, 0.15) is 12.2 Å². The minimum absolute atomic E-state index is 0.0590. The highest BCUT2D eigenvalue weighted by Gasteiger charge is 2.33. The second-order valence-corrected chi connectivity index (χ2v) is 7.57. The molecule has 144 valence electrons. The van der Waals surface area contributed by atoms with E-state index in [4.69, 9.17) is 9.47 Å². The van der Waals surface area contributed by atoms with Gasteiger partial charge in [0.05, 0.1) is 6.04 Å². The van der Waals surface area contributed by atoms with Crippen LogP contribution < -0.4 is 5.32 Å². The Morgan fingerprint density at radius 1 is 1.23 bits per heavy atom. The van der Waals surface area contributed by atoms with Crippen LogP contribution in [0.25, 0.3) is 0 Å². The zero-order chi connectivity index (χ0) is 19.2. The summed E-state index contributed by atoms with van der Waals surface area (Å²) in [5.74, 6) is -0.115. The van der Waals surface area contributed by atoms with E-state index in [1.807, 2.05) is 30.3 Å². The van der Waals surface area contributed by atoms with Crippen LogP contribution in [-0.2, 0) is 16.1 Å². The van der Waals surface area contributed by atoms with E-state index in [1.165, 1.54) is 4.90 Å². The number of nitrogens with zero attached hydrogens (tertiary/aromatic N) is 1. The molecule has 1 aromatic carbocycles. The standard InChI is InChI=1S/C19H28N2O5/c1-19(2,3)26-18(24)21-10-15(12-22)9-16(11-21)20-17(23)25-13-14-7-5-4-6-8-14/h4-8,15-16,22H,9-13H2,1-3H3,(H,20,23)/t15-,16+/m1/s1. The summed E-state index contributed by atoms with van der Waals surface area (Å²) in [6, 6.07) is 9.10. The van der Waals surface area contributed by atoms with Gasteiger partial charge in [0.15, 0.2) is 0 Å². The van der Waals surface area contributed by atoms with Crippen molar-refractivity contribution in [1.82, 2.24) is 10.2 Å². The fourth-order valence-electron chi connectivity index (χ4n) is 2.85. The Morgan fingerprint density at radius 3 is 2.54 bits per heavy atom. The van der Waals surface area contributed by atoms with Gasteiger partial charge < -0.3 is 24.8 Å². The van der Waals surface area contributed by atoms with Gasteiger partial charge in [-0.05, 0) is 32.8 Å². The zero-order valence-electron chi connectivity index (χ0n) is 15.6. The first-order valence-corrected chi connectivity index (χ1v) is 8.83. The Labute approximate surface area is 154 Å². The molecule has 0 unspecified atom stereocenters. The first-order chi connectivity index (χ1) is 12.3. The van der Waals surface area contributed by atoms with Gasteiger partial charge in [-0.25, -0.2) is 9.59 Å². The van der Waals surface area contributed by atoms with Gasteiger partial charge in [0.2, 0.25) is 0 Å². The summed E-state index contributed by atoms with van der Waals surface area (Å²) in [5, 5.41) is 12.3. The Morgan fingerprint density at radius 2 is 1.92 bits per heavy atom. The molecule has 1 saturated heterocycles. The van der Waals surface area contributed by atoms with Crippen molar-refractivity contribution >= 4 is 12.2 Å². The molecular formula is C19H28N2O5. The Hall–Kier alpha value is -2.28. The summed E-state index contributed by atoms with van der Waals surface area (Å²) in [7, 11) is 0. The predicted octanol–water partition coefficient (Wildman–Crippen LogP) is 2.53. The molecule has 2 N–H and O–H groups in total. The van der Waals surface area contributed by atoms with Gasteiger partial charge in [-0.3, -0.25) is 0 Å². The highest BCUT2D eigenvalue weighted by atomic mass is 16.6. The number of hydrogen-bond donors (Lipinski definition) is 2. The van der Waals surface area contributed by atoms with Crippen LogP contribution in [0.4, 0.5) is 9.59 Å². The molecule has 0 radical (unpaired) electrons. The molecule has 0 aromatic heterocycles. The highest BCUT2D eigenvalue weighted by molar-refractivity contribution is 5.69. The number of carbonyl (C=O) groups is 2. The smallest absolute Gasteiger partial charge is 0.410 e. The lowest BCUT2D eigenvalue weighted by molar-refractivity contribution is 0.00816. The number of aliphatic hydroxyl groups excluding tert-OH is 1. The van der Waals surface area contributed by atoms with Crippen LogP contribution >= 0.6 is 0 Å². The average Bonchev–Trinajstić information content (AvgIpc) is 2.59. The van der Waals surface area contributed by atoms with Crippen molar-refractivity contribution in [3.63, 3.8) is 0 Å². The van der Waals surface area contributed by atoms with E-state index in [-0.39, 0.29) is 25.2 Å². The van der Waals surface area contributed by atoms with Gasteiger partial charge in [0.25, 0.3) is 0 Å². The zero-order valence-corrected chi connectivity index (χ0v) is 15.6. The lowest BCUT2D eigenvalue weighted by Gasteiger charge is -2.37. The maximum atomic E-state index is 12.3. The van der Waals surface area contributed by atoms with E-state index in [1.54, 1.807) is 20.8 Å². The summed E-state index contributed by atoms with van der Waals surface area (Å²) in [6.07, 6.45) is -0.405. The quantitative estimate of drug-likeness (QED) is 0.857. The summed E-state index contributed by atoms with van der Waals surface area (Å²) in [5.41, 5.74) is 0.302. The van der Waals surface area contributed by atoms with Crippen molar-refractivity contribution in [3.05, 3.63) is 35.9 Å². The number of alkyl carbamates (subject to hydrolysis) is 1. The van der Waals surface area contributed by atoms with Gasteiger partial charge in [-0.15, -0.1) is 0 Å². The van der Waals surface area contributed by atoms with Crippen molar-refractivity contribution in [1.29, 1.82) is 0 Å². The number of carbonyl (C=O) groups excluding carboxylic acids is 2. The molecule has 1 aliphatic heterocycles. The SMILES string of the molecule is CC(C)(C)OC(=O)N1C[C@H](CO)C[C@H](NC(=O)OCc2ccccc2)C1. The molecule has 2 rings (SSSR count). The summed E-state index contributed by atoms with van der Waals surface area (Å²) >= 11 is 0. The first kappa shape index (κ1) is 20.0. The average molecular weight is 364 g/mol. The Bertz CT molecular complexity index is 600. The molecule has 1 heterocycles. The van der Waals surface area contributed by atoms with Crippen LogP contribution in [0, 0.1) is 5.92 Å². The number of benzene rings is 1. The lowest BCUT2D eigenvalue weighted by atomic mass is 9.95. The number of piperidine rings is 1. The van der Waals surface area contributed by atoms with Crippen LogP contribution in [0.15, 0.2) is 30.3 Å². The van der Waals surface area contributed by atoms with Gasteiger partial charge in [0, 0.05) is 25.6 Å². The number of rotatable bonds is 4. The molecule has 0 spiro atoms. The van der Waals surface area contributed by atoms with Crippen molar-refractivity contribution in [2.75, 3.05) is 19.7 Å². The number of ether oxygens (including phenoxy) is 2. The Kier molecular flexibility index (Phi) is 6.85. The van der Waals surface area contributed by atoms with Crippen molar-refractivity contribution in [2.24, 2.45) is 5.92 Å². The van der Waals surface area contributed by atoms with Crippen molar-refractivity contribution in [2.45, 2.75) is 45.4 Å². The van der Waals surface area contributed by atoms with E-state index >= 15 is 0 Å². The van der Waals surface area contributed by atoms with Crippen molar-refractivity contribution < 1.29 is 24.2 Å². The summed E-state index contributed by atoms with van der Waals surface area (Å²) < 4.78 is 10.6. The molecule has 26 heavy (non-hydrogen) atoms. The second-order valence-electron chi connectivity index (χ2n) is 7.57. The molecule has 1 aromatic rings. The van der Waals surface area contributed by atoms with Gasteiger partial charge in [-0.2, -0.15) is 0 Å². The van der Waals surface area contributed by atoms with Crippen LogP contribution in [0.1, 0.15) is 32.8 Å². The minimum atomic E-state index is -0.596. The second kappa shape index (κ2) is 8.89. The number of aliphatic hydroxyl groups is 1. The summed E-state index contributed by atoms with van der Waals surface area (Å²) in [4.78, 5) is 25.9. The van der Waals surface area contributed by atoms with Crippen LogP contribution in [0.5, 0.6) is 0 Å². The fourth-order valence-corrected chi connectivity index (χ4v) is 2.85. The normalized spacial score (nSPS) is 20.4. The summed E-state index contributed by atoms with van der Waals surface area (Å²) in [6.45, 7) is 6.25. The minimum Gasteiger partial charge on any atom is -0.445 e. The molecule has 2 amide bonds. The molecule has 2 atom stereocenters. The van der Waals surface area contributed by atoms with E-state index < -0.39 is 17.8 Å². The number of nitrogens with one attached hydrogen (secondary N) is 1. The molecular weight excluding hydrogens is 336 g/mol. The fraction of sp³-hybridized carbons (Fsp3) is 0.579. The molecule has 0 bridgehead atoms.